The molecule has 0 unspecified atom stereocenters. The summed E-state index contributed by atoms with van der Waals surface area (Å²) < 4.78 is 37.8. The molecule has 0 aliphatic rings. The summed E-state index contributed by atoms with van der Waals surface area (Å²) >= 11 is 0. The van der Waals surface area contributed by atoms with Crippen molar-refractivity contribution in [2.24, 2.45) is 0 Å². The van der Waals surface area contributed by atoms with Crippen LogP contribution >= 0.6 is 0 Å². The maximum atomic E-state index is 13.7. The fourth-order valence-corrected chi connectivity index (χ4v) is 2.38. The van der Waals surface area contributed by atoms with Crippen LogP contribution in [0.5, 0.6) is 11.5 Å². The maximum absolute atomic E-state index is 13.7. The van der Waals surface area contributed by atoms with Crippen LogP contribution in [0.15, 0.2) is 48.7 Å². The number of rotatable bonds is 6. The monoisotopic (exact) mass is 386 g/mol. The summed E-state index contributed by atoms with van der Waals surface area (Å²) in [6, 6.07) is 9.70. The van der Waals surface area contributed by atoms with E-state index in [9.17, 15) is 13.6 Å². The Labute approximate surface area is 159 Å². The van der Waals surface area contributed by atoms with Gasteiger partial charge in [0.15, 0.2) is 11.5 Å². The van der Waals surface area contributed by atoms with Gasteiger partial charge >= 0.3 is 0 Å². The van der Waals surface area contributed by atoms with Gasteiger partial charge in [0.2, 0.25) is 5.95 Å². The normalized spacial score (nSPS) is 10.3. The molecule has 144 valence electrons. The van der Waals surface area contributed by atoms with Crippen LogP contribution in [0, 0.1) is 11.6 Å². The van der Waals surface area contributed by atoms with Crippen molar-refractivity contribution in [2.75, 3.05) is 24.9 Å². The van der Waals surface area contributed by atoms with Gasteiger partial charge in [0, 0.05) is 18.0 Å². The van der Waals surface area contributed by atoms with Crippen LogP contribution in [0.2, 0.25) is 0 Å². The Kier molecular flexibility index (Phi) is 5.64. The van der Waals surface area contributed by atoms with E-state index in [0.29, 0.717) is 17.2 Å². The first kappa shape index (κ1) is 19.0. The molecule has 3 rings (SSSR count). The fraction of sp³-hybridized carbons (Fsp3) is 0.105. The molecule has 0 saturated carbocycles. The summed E-state index contributed by atoms with van der Waals surface area (Å²) in [6.45, 7) is 0. The second-order valence-electron chi connectivity index (χ2n) is 5.51. The zero-order valence-corrected chi connectivity index (χ0v) is 15.0. The average molecular weight is 386 g/mol. The van der Waals surface area contributed by atoms with Crippen LogP contribution in [0.1, 0.15) is 10.5 Å². The number of benzene rings is 2. The van der Waals surface area contributed by atoms with Gasteiger partial charge in [-0.3, -0.25) is 4.79 Å². The lowest BCUT2D eigenvalue weighted by molar-refractivity contribution is 0.102. The van der Waals surface area contributed by atoms with E-state index in [1.165, 1.54) is 32.5 Å². The lowest BCUT2D eigenvalue weighted by atomic mass is 10.2. The molecule has 0 spiro atoms. The number of nitrogens with one attached hydrogen (secondary N) is 2. The summed E-state index contributed by atoms with van der Waals surface area (Å²) in [5.41, 5.74) is -0.0171. The highest BCUT2D eigenvalue weighted by Crippen LogP contribution is 2.30. The molecule has 1 amide bonds. The highest BCUT2D eigenvalue weighted by atomic mass is 19.1. The number of anilines is 3. The third kappa shape index (κ3) is 4.14. The predicted octanol–water partition coefficient (Wildman–Crippen LogP) is 3.77. The number of aromatic nitrogens is 2. The van der Waals surface area contributed by atoms with Crippen molar-refractivity contribution in [1.29, 1.82) is 0 Å². The molecule has 28 heavy (non-hydrogen) atoms. The Hall–Kier alpha value is -3.75. The quantitative estimate of drug-likeness (QED) is 0.671. The van der Waals surface area contributed by atoms with E-state index in [2.05, 4.69) is 20.6 Å². The Morgan fingerprint density at radius 1 is 1.00 bits per heavy atom. The Morgan fingerprint density at radius 2 is 1.71 bits per heavy atom. The molecule has 2 N–H and O–H groups in total. The third-order valence-electron chi connectivity index (χ3n) is 3.73. The summed E-state index contributed by atoms with van der Waals surface area (Å²) in [5.74, 6) is -1.38. The number of hydrogen-bond acceptors (Lipinski definition) is 6. The van der Waals surface area contributed by atoms with E-state index >= 15 is 0 Å². The molecule has 1 heterocycles. The standard InChI is InChI=1S/C19H16F2N4O3/c1-27-15-7-6-11(10-16(15)28-2)23-19-22-9-8-14(24-19)18(26)25-17-12(20)4-3-5-13(17)21/h3-10H,1-2H3,(H,25,26)(H,22,23,24). The number of amides is 1. The van der Waals surface area contributed by atoms with Crippen molar-refractivity contribution in [3.63, 3.8) is 0 Å². The third-order valence-corrected chi connectivity index (χ3v) is 3.73. The van der Waals surface area contributed by atoms with Crippen molar-refractivity contribution >= 4 is 23.2 Å². The number of ether oxygens (including phenoxy) is 2. The fourth-order valence-electron chi connectivity index (χ4n) is 2.38. The minimum Gasteiger partial charge on any atom is -0.493 e. The minimum atomic E-state index is -0.883. The molecular formula is C19H16F2N4O3. The summed E-state index contributed by atoms with van der Waals surface area (Å²) in [4.78, 5) is 20.4. The summed E-state index contributed by atoms with van der Waals surface area (Å²) in [6.07, 6.45) is 1.35. The number of para-hydroxylation sites is 1. The largest absolute Gasteiger partial charge is 0.493 e. The van der Waals surface area contributed by atoms with Gasteiger partial charge in [-0.05, 0) is 30.3 Å². The first-order valence-electron chi connectivity index (χ1n) is 8.09. The molecule has 0 saturated heterocycles. The highest BCUT2D eigenvalue weighted by molar-refractivity contribution is 6.03. The van der Waals surface area contributed by atoms with E-state index < -0.39 is 23.2 Å². The number of methoxy groups -OCH3 is 2. The Morgan fingerprint density at radius 3 is 2.39 bits per heavy atom. The van der Waals surface area contributed by atoms with Crippen molar-refractivity contribution in [3.8, 4) is 11.5 Å². The predicted molar refractivity (Wildman–Crippen MR) is 99.2 cm³/mol. The number of hydrogen-bond donors (Lipinski definition) is 2. The topological polar surface area (TPSA) is 85.4 Å². The van der Waals surface area contributed by atoms with Crippen LogP contribution in [0.25, 0.3) is 0 Å². The van der Waals surface area contributed by atoms with Crippen LogP contribution in [-0.4, -0.2) is 30.1 Å². The van der Waals surface area contributed by atoms with Crippen molar-refractivity contribution in [2.45, 2.75) is 0 Å². The SMILES string of the molecule is COc1ccc(Nc2nccc(C(=O)Nc3c(F)cccc3F)n2)cc1OC. The van der Waals surface area contributed by atoms with Crippen LogP contribution in [0.4, 0.5) is 26.1 Å². The lowest BCUT2D eigenvalue weighted by Gasteiger charge is -2.11. The van der Waals surface area contributed by atoms with E-state index in [0.717, 1.165) is 12.1 Å². The van der Waals surface area contributed by atoms with Crippen LogP contribution in [-0.2, 0) is 0 Å². The van der Waals surface area contributed by atoms with Gasteiger partial charge in [0.1, 0.15) is 23.0 Å². The van der Waals surface area contributed by atoms with Crippen LogP contribution < -0.4 is 20.1 Å². The van der Waals surface area contributed by atoms with Gasteiger partial charge in [-0.25, -0.2) is 18.7 Å². The van der Waals surface area contributed by atoms with E-state index in [4.69, 9.17) is 9.47 Å². The van der Waals surface area contributed by atoms with Gasteiger partial charge in [0.25, 0.3) is 5.91 Å². The minimum absolute atomic E-state index is 0.0689. The summed E-state index contributed by atoms with van der Waals surface area (Å²) in [7, 11) is 3.03. The zero-order chi connectivity index (χ0) is 20.1. The molecule has 0 radical (unpaired) electrons. The van der Waals surface area contributed by atoms with Crippen molar-refractivity contribution in [1.82, 2.24) is 9.97 Å². The maximum Gasteiger partial charge on any atom is 0.274 e. The molecule has 9 heteroatoms. The number of carbonyl (C=O) groups is 1. The average Bonchev–Trinajstić information content (AvgIpc) is 2.70. The van der Waals surface area contributed by atoms with Gasteiger partial charge in [0.05, 0.1) is 14.2 Å². The molecule has 0 bridgehead atoms. The molecule has 0 aliphatic carbocycles. The second kappa shape index (κ2) is 8.30. The molecule has 2 aromatic carbocycles. The van der Waals surface area contributed by atoms with Gasteiger partial charge < -0.3 is 20.1 Å². The molecular weight excluding hydrogens is 370 g/mol. The van der Waals surface area contributed by atoms with E-state index in [1.807, 2.05) is 0 Å². The molecule has 0 atom stereocenters. The van der Waals surface area contributed by atoms with Crippen molar-refractivity contribution < 1.29 is 23.0 Å². The summed E-state index contributed by atoms with van der Waals surface area (Å²) in [5, 5.41) is 5.10. The molecule has 0 aliphatic heterocycles. The number of carbonyl (C=O) groups excluding carboxylic acids is 1. The van der Waals surface area contributed by atoms with Gasteiger partial charge in [-0.15, -0.1) is 0 Å². The van der Waals surface area contributed by atoms with Crippen molar-refractivity contribution in [3.05, 3.63) is 66.0 Å². The Balaban J connectivity index is 1.80. The molecule has 1 aromatic heterocycles. The van der Waals surface area contributed by atoms with Gasteiger partial charge in [-0.2, -0.15) is 0 Å². The smallest absolute Gasteiger partial charge is 0.274 e. The molecule has 7 nitrogen and oxygen atoms in total. The first-order chi connectivity index (χ1) is 13.5. The van der Waals surface area contributed by atoms with Gasteiger partial charge in [-0.1, -0.05) is 6.07 Å². The van der Waals surface area contributed by atoms with E-state index in [-0.39, 0.29) is 11.6 Å². The lowest BCUT2D eigenvalue weighted by Crippen LogP contribution is -2.16. The van der Waals surface area contributed by atoms with Crippen LogP contribution in [0.3, 0.4) is 0 Å². The van der Waals surface area contributed by atoms with E-state index in [1.54, 1.807) is 18.2 Å². The number of halogens is 2. The first-order valence-corrected chi connectivity index (χ1v) is 8.09. The molecule has 0 fully saturated rings. The highest BCUT2D eigenvalue weighted by Gasteiger charge is 2.15. The number of nitrogens with zero attached hydrogens (tertiary/aromatic N) is 2. The Bertz CT molecular complexity index is 994. The second-order valence-corrected chi connectivity index (χ2v) is 5.51. The zero-order valence-electron chi connectivity index (χ0n) is 15.0. The molecule has 3 aromatic rings.